The number of carbonyl (C=O) groups is 2. The van der Waals surface area contributed by atoms with Gasteiger partial charge in [-0.25, -0.2) is 9.59 Å². The number of aromatic amines is 1. The Kier molecular flexibility index (Phi) is 6.03. The largest absolute Gasteiger partial charge is 0.483 e. The number of aromatic nitrogens is 1. The van der Waals surface area contributed by atoms with E-state index in [-0.39, 0.29) is 18.7 Å². The highest BCUT2D eigenvalue weighted by molar-refractivity contribution is 5.88. The zero-order valence-electron chi connectivity index (χ0n) is 19.3. The van der Waals surface area contributed by atoms with Crippen LogP contribution in [-0.4, -0.2) is 34.6 Å². The van der Waals surface area contributed by atoms with Gasteiger partial charge in [-0.15, -0.1) is 0 Å². The van der Waals surface area contributed by atoms with Gasteiger partial charge in [0.1, 0.15) is 17.4 Å². The molecule has 5 rings (SSSR count). The maximum Gasteiger partial charge on any atom is 0.339 e. The first-order valence-electron chi connectivity index (χ1n) is 11.7. The zero-order chi connectivity index (χ0) is 24.5. The Bertz CT molecular complexity index is 1500. The molecule has 1 atom stereocenters. The molecule has 0 fully saturated rings. The number of aliphatic carboxylic acids is 1. The lowest BCUT2D eigenvalue weighted by atomic mass is 9.90. The number of carboxylic acid groups (broad SMARTS) is 1. The fourth-order valence-corrected chi connectivity index (χ4v) is 4.88. The highest BCUT2D eigenvalue weighted by atomic mass is 16.5. The molecule has 1 aliphatic carbocycles. The summed E-state index contributed by atoms with van der Waals surface area (Å²) < 4.78 is 11.3. The molecule has 0 saturated carbocycles. The summed E-state index contributed by atoms with van der Waals surface area (Å²) in [5.74, 6) is -1.27. The monoisotopic (exact) mass is 474 g/mol. The topological polar surface area (TPSA) is 122 Å². The molecule has 0 radical (unpaired) electrons. The third-order valence-electron chi connectivity index (χ3n) is 6.68. The Balaban J connectivity index is 1.30. The van der Waals surface area contributed by atoms with E-state index in [0.29, 0.717) is 16.9 Å². The molecule has 0 saturated heterocycles. The summed E-state index contributed by atoms with van der Waals surface area (Å²) in [5.41, 5.74) is 4.29. The molecule has 0 spiro atoms. The minimum atomic E-state index is -1.13. The van der Waals surface area contributed by atoms with Crippen molar-refractivity contribution in [3.8, 4) is 5.75 Å². The highest BCUT2D eigenvalue weighted by Gasteiger charge is 2.23. The molecule has 2 heterocycles. The van der Waals surface area contributed by atoms with Crippen molar-refractivity contribution in [2.45, 2.75) is 45.1 Å². The SMILES string of the molecule is Cc1c(OCC(=O)N[C@@H](Cc2c[nH]c3ccccc23)C(=O)O)ccc2c3c(c(=O)oc12)CCCC3. The van der Waals surface area contributed by atoms with Gasteiger partial charge in [-0.05, 0) is 61.9 Å². The predicted molar refractivity (Wildman–Crippen MR) is 131 cm³/mol. The molecule has 180 valence electrons. The van der Waals surface area contributed by atoms with Crippen LogP contribution >= 0.6 is 0 Å². The van der Waals surface area contributed by atoms with Crippen LogP contribution in [0.2, 0.25) is 0 Å². The summed E-state index contributed by atoms with van der Waals surface area (Å²) in [6.07, 6.45) is 5.48. The van der Waals surface area contributed by atoms with Gasteiger partial charge in [0.25, 0.3) is 5.91 Å². The van der Waals surface area contributed by atoms with Crippen LogP contribution in [0.4, 0.5) is 0 Å². The molecular formula is C27H26N2O6. The van der Waals surface area contributed by atoms with Crippen molar-refractivity contribution in [1.82, 2.24) is 10.3 Å². The van der Waals surface area contributed by atoms with Gasteiger partial charge in [0.15, 0.2) is 6.61 Å². The first-order valence-corrected chi connectivity index (χ1v) is 11.7. The van der Waals surface area contributed by atoms with Crippen molar-refractivity contribution in [1.29, 1.82) is 0 Å². The molecule has 8 heteroatoms. The number of rotatable bonds is 7. The number of H-pyrrole nitrogens is 1. The minimum Gasteiger partial charge on any atom is -0.483 e. The molecule has 4 aromatic rings. The number of para-hydroxylation sites is 1. The lowest BCUT2D eigenvalue weighted by Crippen LogP contribution is -2.44. The molecule has 0 aliphatic heterocycles. The fraction of sp³-hybridized carbons (Fsp3) is 0.296. The first-order chi connectivity index (χ1) is 16.9. The Labute approximate surface area is 200 Å². The second kappa shape index (κ2) is 9.29. The quantitative estimate of drug-likeness (QED) is 0.352. The van der Waals surface area contributed by atoms with Crippen LogP contribution < -0.4 is 15.7 Å². The van der Waals surface area contributed by atoms with Gasteiger partial charge >= 0.3 is 11.6 Å². The van der Waals surface area contributed by atoms with Gasteiger partial charge in [0.2, 0.25) is 0 Å². The van der Waals surface area contributed by atoms with Crippen molar-refractivity contribution in [2.75, 3.05) is 6.61 Å². The summed E-state index contributed by atoms with van der Waals surface area (Å²) in [6, 6.07) is 10.1. The lowest BCUT2D eigenvalue weighted by molar-refractivity contribution is -0.142. The number of hydrogen-bond donors (Lipinski definition) is 3. The van der Waals surface area contributed by atoms with Crippen LogP contribution in [0, 0.1) is 6.92 Å². The third-order valence-corrected chi connectivity index (χ3v) is 6.68. The number of aryl methyl sites for hydroxylation is 2. The molecule has 2 aromatic heterocycles. The zero-order valence-corrected chi connectivity index (χ0v) is 19.3. The van der Waals surface area contributed by atoms with Gasteiger partial charge in [-0.3, -0.25) is 4.79 Å². The summed E-state index contributed by atoms with van der Waals surface area (Å²) in [5, 5.41) is 14.0. The van der Waals surface area contributed by atoms with E-state index < -0.39 is 17.9 Å². The molecule has 1 aliphatic rings. The first kappa shape index (κ1) is 22.7. The molecule has 1 amide bonds. The number of hydrogen-bond acceptors (Lipinski definition) is 5. The van der Waals surface area contributed by atoms with Crippen molar-refractivity contribution in [3.05, 3.63) is 75.3 Å². The van der Waals surface area contributed by atoms with E-state index >= 15 is 0 Å². The molecule has 0 unspecified atom stereocenters. The van der Waals surface area contributed by atoms with E-state index in [9.17, 15) is 19.5 Å². The van der Waals surface area contributed by atoms with Crippen molar-refractivity contribution >= 4 is 33.7 Å². The van der Waals surface area contributed by atoms with Crippen LogP contribution in [0.1, 0.15) is 35.1 Å². The summed E-state index contributed by atoms with van der Waals surface area (Å²) in [4.78, 5) is 40.0. The number of nitrogens with one attached hydrogen (secondary N) is 2. The van der Waals surface area contributed by atoms with Crippen LogP contribution in [0.3, 0.4) is 0 Å². The van der Waals surface area contributed by atoms with Crippen LogP contribution in [0.25, 0.3) is 21.9 Å². The molecule has 8 nitrogen and oxygen atoms in total. The van der Waals surface area contributed by atoms with Crippen LogP contribution in [0.5, 0.6) is 5.75 Å². The van der Waals surface area contributed by atoms with E-state index in [4.69, 9.17) is 9.15 Å². The standard InChI is InChI=1S/C27H26N2O6/c1-15-23(11-10-19-18-7-2-3-8-20(18)27(33)35-25(15)19)34-14-24(30)29-22(26(31)32)12-16-13-28-21-9-5-4-6-17(16)21/h4-6,9-11,13,22,28H,2-3,7-8,12,14H2,1H3,(H,29,30)(H,31,32)/t22-/m0/s1. The van der Waals surface area contributed by atoms with Gasteiger partial charge in [0.05, 0.1) is 0 Å². The van der Waals surface area contributed by atoms with E-state index in [2.05, 4.69) is 10.3 Å². The van der Waals surface area contributed by atoms with Gasteiger partial charge in [-0.2, -0.15) is 0 Å². The number of carboxylic acids is 1. The normalized spacial score (nSPS) is 14.0. The Morgan fingerprint density at radius 1 is 1.11 bits per heavy atom. The number of carbonyl (C=O) groups excluding carboxylic acids is 1. The van der Waals surface area contributed by atoms with Crippen molar-refractivity contribution in [3.63, 3.8) is 0 Å². The minimum absolute atomic E-state index is 0.135. The van der Waals surface area contributed by atoms with Crippen LogP contribution in [-0.2, 0) is 28.9 Å². The van der Waals surface area contributed by atoms with E-state index in [1.807, 2.05) is 30.3 Å². The maximum atomic E-state index is 12.6. The third kappa shape index (κ3) is 4.39. The smallest absolute Gasteiger partial charge is 0.339 e. The van der Waals surface area contributed by atoms with Crippen molar-refractivity contribution < 1.29 is 23.8 Å². The predicted octanol–water partition coefficient (Wildman–Crippen LogP) is 3.65. The second-order valence-electron chi connectivity index (χ2n) is 8.93. The van der Waals surface area contributed by atoms with Crippen LogP contribution in [0.15, 0.2) is 51.8 Å². The number of ether oxygens (including phenoxy) is 1. The molecule has 2 aromatic carbocycles. The summed E-state index contributed by atoms with van der Waals surface area (Å²) in [6.45, 7) is 1.42. The van der Waals surface area contributed by atoms with Crippen molar-refractivity contribution in [2.24, 2.45) is 0 Å². The maximum absolute atomic E-state index is 12.6. The number of amides is 1. The average Bonchev–Trinajstić information content (AvgIpc) is 3.26. The van der Waals surface area contributed by atoms with E-state index in [1.54, 1.807) is 19.2 Å². The van der Waals surface area contributed by atoms with Gasteiger partial charge in [0, 0.05) is 40.0 Å². The summed E-state index contributed by atoms with van der Waals surface area (Å²) in [7, 11) is 0. The Hall–Kier alpha value is -4.07. The van der Waals surface area contributed by atoms with Gasteiger partial charge in [-0.1, -0.05) is 18.2 Å². The lowest BCUT2D eigenvalue weighted by Gasteiger charge is -2.18. The summed E-state index contributed by atoms with van der Waals surface area (Å²) >= 11 is 0. The second-order valence-corrected chi connectivity index (χ2v) is 8.93. The van der Waals surface area contributed by atoms with Gasteiger partial charge < -0.3 is 24.6 Å². The van der Waals surface area contributed by atoms with E-state index in [1.165, 1.54) is 0 Å². The highest BCUT2D eigenvalue weighted by Crippen LogP contribution is 2.32. The molecule has 0 bridgehead atoms. The fourth-order valence-electron chi connectivity index (χ4n) is 4.88. The Morgan fingerprint density at radius 3 is 2.69 bits per heavy atom. The van der Waals surface area contributed by atoms with E-state index in [0.717, 1.165) is 58.7 Å². The average molecular weight is 475 g/mol. The molecule has 3 N–H and O–H groups in total. The number of benzene rings is 2. The molecule has 35 heavy (non-hydrogen) atoms. The molecular weight excluding hydrogens is 448 g/mol. The number of fused-ring (bicyclic) bond motifs is 4. The Morgan fingerprint density at radius 2 is 1.89 bits per heavy atom.